The number of benzene rings is 1. The van der Waals surface area contributed by atoms with Gasteiger partial charge in [0.2, 0.25) is 0 Å². The topological polar surface area (TPSA) is 66.4 Å². The first-order chi connectivity index (χ1) is 9.22. The quantitative estimate of drug-likeness (QED) is 0.877. The van der Waals surface area contributed by atoms with Gasteiger partial charge in [0.05, 0.1) is 10.6 Å². The lowest BCUT2D eigenvalue weighted by molar-refractivity contribution is -0.139. The van der Waals surface area contributed by atoms with Crippen LogP contribution < -0.4 is 5.32 Å². The molecule has 0 bridgehead atoms. The van der Waals surface area contributed by atoms with Crippen LogP contribution in [0.5, 0.6) is 0 Å². The second kappa shape index (κ2) is 6.75. The van der Waals surface area contributed by atoms with Crippen LogP contribution in [0.15, 0.2) is 12.1 Å². The van der Waals surface area contributed by atoms with E-state index in [-0.39, 0.29) is 5.92 Å². The largest absolute Gasteiger partial charge is 0.480 e. The Kier molecular flexibility index (Phi) is 5.57. The van der Waals surface area contributed by atoms with Gasteiger partial charge in [-0.05, 0) is 49.4 Å². The van der Waals surface area contributed by atoms with Gasteiger partial charge in [-0.2, -0.15) is 0 Å². The van der Waals surface area contributed by atoms with Crippen LogP contribution in [0.1, 0.15) is 41.8 Å². The molecule has 0 saturated carbocycles. The second-order valence-electron chi connectivity index (χ2n) is 5.41. The van der Waals surface area contributed by atoms with E-state index in [0.29, 0.717) is 17.0 Å². The monoisotopic (exact) mass is 297 g/mol. The van der Waals surface area contributed by atoms with Gasteiger partial charge in [-0.25, -0.2) is 4.79 Å². The summed E-state index contributed by atoms with van der Waals surface area (Å²) < 4.78 is 0. The molecule has 4 nitrogen and oxygen atoms in total. The number of hydrogen-bond donors (Lipinski definition) is 2. The van der Waals surface area contributed by atoms with E-state index in [4.69, 9.17) is 16.7 Å². The van der Waals surface area contributed by atoms with Crippen LogP contribution in [-0.2, 0) is 4.79 Å². The molecule has 1 amide bonds. The number of rotatable bonds is 5. The third-order valence-corrected chi connectivity index (χ3v) is 3.45. The third kappa shape index (κ3) is 4.23. The summed E-state index contributed by atoms with van der Waals surface area (Å²) >= 11 is 6.06. The molecule has 2 N–H and O–H groups in total. The Balaban J connectivity index is 2.95. The van der Waals surface area contributed by atoms with Gasteiger partial charge in [-0.3, -0.25) is 4.79 Å². The summed E-state index contributed by atoms with van der Waals surface area (Å²) in [5.41, 5.74) is 2.24. The van der Waals surface area contributed by atoms with Crippen LogP contribution in [-0.4, -0.2) is 23.0 Å². The number of carboxylic acid groups (broad SMARTS) is 1. The van der Waals surface area contributed by atoms with Crippen molar-refractivity contribution in [3.8, 4) is 0 Å². The molecule has 0 saturated heterocycles. The average Bonchev–Trinajstić information content (AvgIpc) is 2.32. The van der Waals surface area contributed by atoms with Crippen molar-refractivity contribution in [2.45, 2.75) is 40.2 Å². The van der Waals surface area contributed by atoms with Crippen molar-refractivity contribution in [3.63, 3.8) is 0 Å². The average molecular weight is 298 g/mol. The Bertz CT molecular complexity index is 526. The maximum atomic E-state index is 12.2. The number of aliphatic carboxylic acids is 1. The van der Waals surface area contributed by atoms with Gasteiger partial charge >= 0.3 is 5.97 Å². The molecule has 1 rings (SSSR count). The summed E-state index contributed by atoms with van der Waals surface area (Å²) in [4.78, 5) is 23.3. The standard InChI is InChI=1S/C15H20ClNO3/c1-8(2)5-13(15(19)20)17-14(18)11-6-9(3)10(4)7-12(11)16/h6-8,13H,5H2,1-4H3,(H,17,18)(H,19,20)/t13-/m0/s1. The van der Waals surface area contributed by atoms with Crippen molar-refractivity contribution in [2.24, 2.45) is 5.92 Å². The zero-order chi connectivity index (χ0) is 15.4. The van der Waals surface area contributed by atoms with Crippen molar-refractivity contribution in [1.82, 2.24) is 5.32 Å². The van der Waals surface area contributed by atoms with Crippen LogP contribution in [0.3, 0.4) is 0 Å². The van der Waals surface area contributed by atoms with E-state index in [9.17, 15) is 9.59 Å². The van der Waals surface area contributed by atoms with E-state index in [0.717, 1.165) is 11.1 Å². The number of carbonyl (C=O) groups excluding carboxylic acids is 1. The molecule has 0 spiro atoms. The number of carbonyl (C=O) groups is 2. The molecule has 1 atom stereocenters. The zero-order valence-corrected chi connectivity index (χ0v) is 12.9. The van der Waals surface area contributed by atoms with Crippen molar-refractivity contribution in [1.29, 1.82) is 0 Å². The fourth-order valence-electron chi connectivity index (χ4n) is 1.88. The minimum atomic E-state index is -1.04. The molecular weight excluding hydrogens is 278 g/mol. The fourth-order valence-corrected chi connectivity index (χ4v) is 2.19. The maximum Gasteiger partial charge on any atom is 0.326 e. The molecule has 0 aliphatic heterocycles. The first kappa shape index (κ1) is 16.5. The maximum absolute atomic E-state index is 12.2. The summed E-state index contributed by atoms with van der Waals surface area (Å²) in [6, 6.07) is 2.49. The number of amides is 1. The van der Waals surface area contributed by atoms with Crippen LogP contribution >= 0.6 is 11.6 Å². The number of aryl methyl sites for hydroxylation is 2. The predicted octanol–water partition coefficient (Wildman–Crippen LogP) is 3.19. The fraction of sp³-hybridized carbons (Fsp3) is 0.467. The molecule has 0 aliphatic rings. The lowest BCUT2D eigenvalue weighted by Crippen LogP contribution is -2.41. The van der Waals surface area contributed by atoms with Crippen LogP contribution in [0.2, 0.25) is 5.02 Å². The molecule has 0 aromatic heterocycles. The van der Waals surface area contributed by atoms with E-state index in [2.05, 4.69) is 5.32 Å². The van der Waals surface area contributed by atoms with Crippen LogP contribution in [0, 0.1) is 19.8 Å². The van der Waals surface area contributed by atoms with Gasteiger partial charge < -0.3 is 10.4 Å². The first-order valence-corrected chi connectivity index (χ1v) is 6.90. The highest BCUT2D eigenvalue weighted by Crippen LogP contribution is 2.21. The Hall–Kier alpha value is -1.55. The molecule has 0 heterocycles. The third-order valence-electron chi connectivity index (χ3n) is 3.14. The van der Waals surface area contributed by atoms with Crippen molar-refractivity contribution < 1.29 is 14.7 Å². The Labute approximate surface area is 124 Å². The Morgan fingerprint density at radius 3 is 2.30 bits per heavy atom. The molecule has 0 radical (unpaired) electrons. The van der Waals surface area contributed by atoms with E-state index < -0.39 is 17.9 Å². The van der Waals surface area contributed by atoms with E-state index in [1.165, 1.54) is 0 Å². The lowest BCUT2D eigenvalue weighted by atomic mass is 10.0. The lowest BCUT2D eigenvalue weighted by Gasteiger charge is -2.17. The summed E-state index contributed by atoms with van der Waals surface area (Å²) in [6.45, 7) is 7.60. The number of nitrogens with one attached hydrogen (secondary N) is 1. The normalized spacial score (nSPS) is 12.3. The van der Waals surface area contributed by atoms with E-state index in [1.54, 1.807) is 12.1 Å². The van der Waals surface area contributed by atoms with Crippen LogP contribution in [0.25, 0.3) is 0 Å². The number of halogens is 1. The minimum absolute atomic E-state index is 0.173. The van der Waals surface area contributed by atoms with Crippen LogP contribution in [0.4, 0.5) is 0 Å². The van der Waals surface area contributed by atoms with Gasteiger partial charge in [-0.1, -0.05) is 25.4 Å². The van der Waals surface area contributed by atoms with Gasteiger partial charge in [0.25, 0.3) is 5.91 Å². The molecule has 0 fully saturated rings. The highest BCUT2D eigenvalue weighted by atomic mass is 35.5. The molecule has 1 aromatic carbocycles. The number of hydrogen-bond acceptors (Lipinski definition) is 2. The van der Waals surface area contributed by atoms with Gasteiger partial charge in [0, 0.05) is 0 Å². The van der Waals surface area contributed by atoms with Gasteiger partial charge in [0.1, 0.15) is 6.04 Å². The summed E-state index contributed by atoms with van der Waals surface area (Å²) in [7, 11) is 0. The van der Waals surface area contributed by atoms with Crippen molar-refractivity contribution in [2.75, 3.05) is 0 Å². The Morgan fingerprint density at radius 1 is 1.25 bits per heavy atom. The van der Waals surface area contributed by atoms with E-state index >= 15 is 0 Å². The minimum Gasteiger partial charge on any atom is -0.480 e. The SMILES string of the molecule is Cc1cc(Cl)c(C(=O)N[C@@H](CC(C)C)C(=O)O)cc1C. The molecule has 20 heavy (non-hydrogen) atoms. The van der Waals surface area contributed by atoms with Gasteiger partial charge in [0.15, 0.2) is 0 Å². The molecule has 0 unspecified atom stereocenters. The smallest absolute Gasteiger partial charge is 0.326 e. The van der Waals surface area contributed by atoms with Gasteiger partial charge in [-0.15, -0.1) is 0 Å². The first-order valence-electron chi connectivity index (χ1n) is 6.52. The molecule has 110 valence electrons. The summed E-state index contributed by atoms with van der Waals surface area (Å²) in [6.07, 6.45) is 0.379. The van der Waals surface area contributed by atoms with Crippen molar-refractivity contribution in [3.05, 3.63) is 33.8 Å². The van der Waals surface area contributed by atoms with Crippen molar-refractivity contribution >= 4 is 23.5 Å². The highest BCUT2D eigenvalue weighted by molar-refractivity contribution is 6.34. The predicted molar refractivity (Wildman–Crippen MR) is 79.3 cm³/mol. The zero-order valence-electron chi connectivity index (χ0n) is 12.2. The Morgan fingerprint density at radius 2 is 1.80 bits per heavy atom. The second-order valence-corrected chi connectivity index (χ2v) is 5.82. The van der Waals surface area contributed by atoms with E-state index in [1.807, 2.05) is 27.7 Å². The number of carboxylic acids is 1. The molecule has 1 aromatic rings. The summed E-state index contributed by atoms with van der Waals surface area (Å²) in [5.74, 6) is -1.32. The molecule has 5 heteroatoms. The highest BCUT2D eigenvalue weighted by Gasteiger charge is 2.23. The molecular formula is C15H20ClNO3. The molecule has 0 aliphatic carbocycles. The summed E-state index contributed by atoms with van der Waals surface area (Å²) in [5, 5.41) is 12.0.